The van der Waals surface area contributed by atoms with Gasteiger partial charge >= 0.3 is 6.03 Å². The third-order valence-electron chi connectivity index (χ3n) is 5.24. The molecular formula is C19H25N3O2S. The zero-order chi connectivity index (χ0) is 17.1. The van der Waals surface area contributed by atoms with Gasteiger partial charge in [-0.15, -0.1) is 11.3 Å². The van der Waals surface area contributed by atoms with Gasteiger partial charge in [0.2, 0.25) is 0 Å². The maximum Gasteiger partial charge on any atom is 0.317 e. The highest BCUT2D eigenvalue weighted by molar-refractivity contribution is 7.10. The fraction of sp³-hybridized carbons (Fsp3) is 0.526. The van der Waals surface area contributed by atoms with Gasteiger partial charge in [0.15, 0.2) is 0 Å². The summed E-state index contributed by atoms with van der Waals surface area (Å²) in [6.07, 6.45) is 6.42. The molecule has 2 aromatic heterocycles. The molecule has 1 saturated heterocycles. The van der Waals surface area contributed by atoms with Gasteiger partial charge in [-0.25, -0.2) is 4.79 Å². The molecule has 1 atom stereocenters. The summed E-state index contributed by atoms with van der Waals surface area (Å²) < 4.78 is 5.66. The van der Waals surface area contributed by atoms with Crippen molar-refractivity contribution < 1.29 is 9.21 Å². The first kappa shape index (κ1) is 16.7. The molecular weight excluding hydrogens is 334 g/mol. The summed E-state index contributed by atoms with van der Waals surface area (Å²) in [5.74, 6) is 0.945. The molecule has 0 aliphatic carbocycles. The Hall–Kier alpha value is -1.79. The molecule has 0 spiro atoms. The number of hydrogen-bond donors (Lipinski definition) is 1. The number of fused-ring (bicyclic) bond motifs is 1. The molecule has 2 amide bonds. The molecule has 5 nitrogen and oxygen atoms in total. The number of carbonyl (C=O) groups excluding carboxylic acids is 1. The van der Waals surface area contributed by atoms with Crippen LogP contribution in [0, 0.1) is 0 Å². The Kier molecular flexibility index (Phi) is 5.08. The topological polar surface area (TPSA) is 48.7 Å². The highest BCUT2D eigenvalue weighted by atomic mass is 32.1. The van der Waals surface area contributed by atoms with E-state index in [0.717, 1.165) is 38.4 Å². The lowest BCUT2D eigenvalue weighted by atomic mass is 10.1. The lowest BCUT2D eigenvalue weighted by Gasteiger charge is -2.34. The Morgan fingerprint density at radius 1 is 1.24 bits per heavy atom. The van der Waals surface area contributed by atoms with Crippen LogP contribution < -0.4 is 5.32 Å². The Morgan fingerprint density at radius 3 is 2.92 bits per heavy atom. The van der Waals surface area contributed by atoms with E-state index in [0.29, 0.717) is 6.54 Å². The number of urea groups is 1. The summed E-state index contributed by atoms with van der Waals surface area (Å²) in [7, 11) is 0. The van der Waals surface area contributed by atoms with E-state index in [9.17, 15) is 4.79 Å². The zero-order valence-corrected chi connectivity index (χ0v) is 15.3. The smallest absolute Gasteiger partial charge is 0.317 e. The van der Waals surface area contributed by atoms with Crippen LogP contribution in [-0.4, -0.2) is 42.0 Å². The molecule has 0 saturated carbocycles. The van der Waals surface area contributed by atoms with E-state index in [2.05, 4.69) is 21.7 Å². The fourth-order valence-corrected chi connectivity index (χ4v) is 4.73. The van der Waals surface area contributed by atoms with Crippen LogP contribution in [0.5, 0.6) is 0 Å². The number of rotatable bonds is 4. The first-order valence-electron chi connectivity index (χ1n) is 9.17. The van der Waals surface area contributed by atoms with Crippen molar-refractivity contribution in [3.63, 3.8) is 0 Å². The number of furan rings is 1. The van der Waals surface area contributed by atoms with Crippen molar-refractivity contribution in [2.45, 2.75) is 38.3 Å². The van der Waals surface area contributed by atoms with Crippen LogP contribution in [0.3, 0.4) is 0 Å². The molecule has 4 heterocycles. The standard InChI is InChI=1S/C19H25N3O2S/c23-19(22-10-6-18-15(14-22)7-12-25-18)20-13-16(17-5-4-11-24-17)21-8-2-1-3-9-21/h4-5,7,11-12,16H,1-3,6,8-10,13-14H2,(H,20,23). The first-order valence-corrected chi connectivity index (χ1v) is 10.0. The summed E-state index contributed by atoms with van der Waals surface area (Å²) in [5, 5.41) is 5.27. The van der Waals surface area contributed by atoms with Crippen LogP contribution in [0.25, 0.3) is 0 Å². The molecule has 0 bridgehead atoms. The van der Waals surface area contributed by atoms with Crippen molar-refractivity contribution in [1.29, 1.82) is 0 Å². The van der Waals surface area contributed by atoms with Gasteiger partial charge in [0.05, 0.1) is 12.3 Å². The van der Waals surface area contributed by atoms with Gasteiger partial charge in [-0.05, 0) is 61.5 Å². The van der Waals surface area contributed by atoms with Crippen LogP contribution in [0.2, 0.25) is 0 Å². The minimum atomic E-state index is 0.0328. The fourth-order valence-electron chi connectivity index (χ4n) is 3.84. The van der Waals surface area contributed by atoms with Crippen LogP contribution >= 0.6 is 11.3 Å². The number of carbonyl (C=O) groups is 1. The van der Waals surface area contributed by atoms with E-state index < -0.39 is 0 Å². The lowest BCUT2D eigenvalue weighted by molar-refractivity contribution is 0.138. The third-order valence-corrected chi connectivity index (χ3v) is 6.27. The van der Waals surface area contributed by atoms with Crippen molar-refractivity contribution in [3.05, 3.63) is 46.0 Å². The molecule has 134 valence electrons. The van der Waals surface area contributed by atoms with Gasteiger partial charge in [-0.1, -0.05) is 6.42 Å². The Morgan fingerprint density at radius 2 is 2.12 bits per heavy atom. The van der Waals surface area contributed by atoms with Gasteiger partial charge in [-0.3, -0.25) is 4.90 Å². The average Bonchev–Trinajstić information content (AvgIpc) is 3.34. The third kappa shape index (κ3) is 3.75. The van der Waals surface area contributed by atoms with E-state index in [-0.39, 0.29) is 12.1 Å². The van der Waals surface area contributed by atoms with Crippen molar-refractivity contribution in [2.24, 2.45) is 0 Å². The molecule has 4 rings (SSSR count). The molecule has 25 heavy (non-hydrogen) atoms. The summed E-state index contributed by atoms with van der Waals surface area (Å²) in [6, 6.07) is 6.24. The molecule has 0 radical (unpaired) electrons. The molecule has 1 fully saturated rings. The normalized spacial score (nSPS) is 19.4. The van der Waals surface area contributed by atoms with E-state index >= 15 is 0 Å². The van der Waals surface area contributed by atoms with E-state index in [1.54, 1.807) is 17.6 Å². The highest BCUT2D eigenvalue weighted by Crippen LogP contribution is 2.26. The maximum atomic E-state index is 12.7. The predicted molar refractivity (Wildman–Crippen MR) is 98.7 cm³/mol. The average molecular weight is 359 g/mol. The lowest BCUT2D eigenvalue weighted by Crippen LogP contribution is -2.46. The Bertz CT molecular complexity index is 691. The van der Waals surface area contributed by atoms with Crippen molar-refractivity contribution in [2.75, 3.05) is 26.2 Å². The van der Waals surface area contributed by atoms with Gasteiger partial charge in [0.25, 0.3) is 0 Å². The van der Waals surface area contributed by atoms with Gasteiger partial charge in [0.1, 0.15) is 5.76 Å². The number of likely N-dealkylation sites (tertiary alicyclic amines) is 1. The molecule has 0 aromatic carbocycles. The largest absolute Gasteiger partial charge is 0.468 e. The number of piperidine rings is 1. The molecule has 2 aliphatic heterocycles. The summed E-state index contributed by atoms with van der Waals surface area (Å²) in [5.41, 5.74) is 1.30. The second-order valence-electron chi connectivity index (χ2n) is 6.85. The number of amides is 2. The Balaban J connectivity index is 1.38. The summed E-state index contributed by atoms with van der Waals surface area (Å²) >= 11 is 1.80. The minimum Gasteiger partial charge on any atom is -0.468 e. The van der Waals surface area contributed by atoms with Gasteiger partial charge < -0.3 is 14.6 Å². The number of nitrogens with zero attached hydrogens (tertiary/aromatic N) is 2. The number of nitrogens with one attached hydrogen (secondary N) is 1. The zero-order valence-electron chi connectivity index (χ0n) is 14.4. The minimum absolute atomic E-state index is 0.0328. The molecule has 1 unspecified atom stereocenters. The van der Waals surface area contributed by atoms with Crippen molar-refractivity contribution in [3.8, 4) is 0 Å². The number of hydrogen-bond acceptors (Lipinski definition) is 4. The van der Waals surface area contributed by atoms with Crippen molar-refractivity contribution in [1.82, 2.24) is 15.1 Å². The molecule has 2 aliphatic rings. The maximum absolute atomic E-state index is 12.7. The summed E-state index contributed by atoms with van der Waals surface area (Å²) in [6.45, 7) is 4.26. The second kappa shape index (κ2) is 7.62. The first-order chi connectivity index (χ1) is 12.3. The van der Waals surface area contributed by atoms with Gasteiger partial charge in [-0.2, -0.15) is 0 Å². The monoisotopic (exact) mass is 359 g/mol. The molecule has 2 aromatic rings. The van der Waals surface area contributed by atoms with Crippen LogP contribution in [0.1, 0.15) is 41.5 Å². The molecule has 1 N–H and O–H groups in total. The SMILES string of the molecule is O=C(NCC(c1ccco1)N1CCCCC1)N1CCc2sccc2C1. The van der Waals surface area contributed by atoms with Crippen molar-refractivity contribution >= 4 is 17.4 Å². The van der Waals surface area contributed by atoms with Crippen LogP contribution in [0.4, 0.5) is 4.79 Å². The van der Waals surface area contributed by atoms with Crippen LogP contribution in [0.15, 0.2) is 34.3 Å². The van der Waals surface area contributed by atoms with E-state index in [1.807, 2.05) is 17.0 Å². The highest BCUT2D eigenvalue weighted by Gasteiger charge is 2.27. The van der Waals surface area contributed by atoms with Crippen LogP contribution in [-0.2, 0) is 13.0 Å². The predicted octanol–water partition coefficient (Wildman–Crippen LogP) is 3.64. The quantitative estimate of drug-likeness (QED) is 0.907. The van der Waals surface area contributed by atoms with Gasteiger partial charge in [0, 0.05) is 24.5 Å². The molecule has 6 heteroatoms. The Labute approximate surface area is 152 Å². The second-order valence-corrected chi connectivity index (χ2v) is 7.86. The van der Waals surface area contributed by atoms with E-state index in [1.165, 1.54) is 29.7 Å². The number of thiophene rings is 1. The summed E-state index contributed by atoms with van der Waals surface area (Å²) in [4.78, 5) is 18.4. The van der Waals surface area contributed by atoms with E-state index in [4.69, 9.17) is 4.42 Å².